The number of nitrogens with two attached hydrogens (primary N) is 1. The molecule has 1 heterocycles. The molecule has 0 fully saturated rings. The Balaban J connectivity index is 2.18. The van der Waals surface area contributed by atoms with Crippen LogP contribution >= 0.6 is 0 Å². The monoisotopic (exact) mass is 301 g/mol. The molecule has 7 heteroatoms. The minimum absolute atomic E-state index is 0.0695. The van der Waals surface area contributed by atoms with Crippen molar-refractivity contribution in [3.05, 3.63) is 48.2 Å². The van der Waals surface area contributed by atoms with Gasteiger partial charge in [0.05, 0.1) is 7.11 Å². The van der Waals surface area contributed by atoms with Crippen molar-refractivity contribution in [1.29, 1.82) is 0 Å². The van der Waals surface area contributed by atoms with Crippen molar-refractivity contribution in [2.45, 2.75) is 6.54 Å². The molecule has 7 nitrogen and oxygen atoms in total. The minimum atomic E-state index is -1.05. The maximum atomic E-state index is 11.2. The normalized spacial score (nSPS) is 9.86. The first-order chi connectivity index (χ1) is 10.6. The molecule has 0 radical (unpaired) electrons. The van der Waals surface area contributed by atoms with Crippen molar-refractivity contribution < 1.29 is 19.1 Å². The van der Waals surface area contributed by atoms with Crippen LogP contribution in [0.5, 0.6) is 17.4 Å². The molecular formula is C15H15N3O4. The fraction of sp³-hybridized carbons (Fsp3) is 0.133. The van der Waals surface area contributed by atoms with Gasteiger partial charge in [0.15, 0.2) is 11.5 Å². The van der Waals surface area contributed by atoms with E-state index in [0.717, 1.165) is 0 Å². The van der Waals surface area contributed by atoms with Crippen LogP contribution in [0.15, 0.2) is 42.6 Å². The van der Waals surface area contributed by atoms with Gasteiger partial charge in [-0.3, -0.25) is 9.59 Å². The molecule has 0 aliphatic heterocycles. The van der Waals surface area contributed by atoms with Gasteiger partial charge in [0.1, 0.15) is 0 Å². The molecule has 2 aromatic rings. The Morgan fingerprint density at radius 3 is 2.59 bits per heavy atom. The van der Waals surface area contributed by atoms with E-state index in [1.807, 2.05) is 6.07 Å². The van der Waals surface area contributed by atoms with Crippen LogP contribution < -0.4 is 20.5 Å². The van der Waals surface area contributed by atoms with Gasteiger partial charge in [-0.2, -0.15) is 0 Å². The molecule has 1 aromatic heterocycles. The van der Waals surface area contributed by atoms with Crippen molar-refractivity contribution in [3.8, 4) is 17.4 Å². The predicted molar refractivity (Wildman–Crippen MR) is 78.3 cm³/mol. The lowest BCUT2D eigenvalue weighted by Crippen LogP contribution is -2.35. The second kappa shape index (κ2) is 7.07. The van der Waals surface area contributed by atoms with E-state index in [2.05, 4.69) is 10.3 Å². The zero-order chi connectivity index (χ0) is 15.9. The second-order valence-corrected chi connectivity index (χ2v) is 4.27. The van der Waals surface area contributed by atoms with Gasteiger partial charge in [0.25, 0.3) is 0 Å². The Morgan fingerprint density at radius 2 is 1.91 bits per heavy atom. The van der Waals surface area contributed by atoms with Gasteiger partial charge in [-0.25, -0.2) is 4.98 Å². The van der Waals surface area contributed by atoms with Gasteiger partial charge in [-0.1, -0.05) is 18.2 Å². The van der Waals surface area contributed by atoms with Crippen molar-refractivity contribution >= 4 is 11.8 Å². The van der Waals surface area contributed by atoms with E-state index in [9.17, 15) is 9.59 Å². The smallest absolute Gasteiger partial charge is 0.309 e. The number of ether oxygens (including phenoxy) is 2. The number of primary amides is 1. The number of benzene rings is 1. The second-order valence-electron chi connectivity index (χ2n) is 4.27. The van der Waals surface area contributed by atoms with Crippen LogP contribution in [0.2, 0.25) is 0 Å². The number of hydrogen-bond acceptors (Lipinski definition) is 5. The molecule has 0 bridgehead atoms. The number of methoxy groups -OCH3 is 1. The summed E-state index contributed by atoms with van der Waals surface area (Å²) in [5.41, 5.74) is 5.49. The van der Waals surface area contributed by atoms with Crippen LogP contribution in [0.1, 0.15) is 5.56 Å². The molecule has 1 aromatic carbocycles. The van der Waals surface area contributed by atoms with E-state index in [0.29, 0.717) is 22.9 Å². The van der Waals surface area contributed by atoms with Crippen LogP contribution in [0.3, 0.4) is 0 Å². The number of nitrogens with one attached hydrogen (secondary N) is 1. The Labute approximate surface area is 127 Å². The van der Waals surface area contributed by atoms with Gasteiger partial charge < -0.3 is 20.5 Å². The number of para-hydroxylation sites is 2. The maximum Gasteiger partial charge on any atom is 0.309 e. The summed E-state index contributed by atoms with van der Waals surface area (Å²) in [5, 5.41) is 2.39. The molecule has 0 spiro atoms. The fourth-order valence-electron chi connectivity index (χ4n) is 1.72. The van der Waals surface area contributed by atoms with Gasteiger partial charge in [-0.05, 0) is 18.2 Å². The zero-order valence-corrected chi connectivity index (χ0v) is 11.9. The number of rotatable bonds is 5. The summed E-state index contributed by atoms with van der Waals surface area (Å²) < 4.78 is 10.9. The number of carbonyl (C=O) groups is 2. The Morgan fingerprint density at radius 1 is 1.18 bits per heavy atom. The van der Waals surface area contributed by atoms with E-state index in [1.54, 1.807) is 36.5 Å². The SMILES string of the molecule is COc1ccccc1Oc1ncccc1CNC(=O)C(N)=O. The number of hydrogen-bond donors (Lipinski definition) is 2. The topological polar surface area (TPSA) is 104 Å². The first-order valence-corrected chi connectivity index (χ1v) is 6.44. The van der Waals surface area contributed by atoms with Gasteiger partial charge in [-0.15, -0.1) is 0 Å². The first kappa shape index (κ1) is 15.3. The number of nitrogens with zero attached hydrogens (tertiary/aromatic N) is 1. The zero-order valence-electron chi connectivity index (χ0n) is 11.9. The van der Waals surface area contributed by atoms with Gasteiger partial charge in [0, 0.05) is 18.3 Å². The van der Waals surface area contributed by atoms with E-state index in [-0.39, 0.29) is 6.54 Å². The van der Waals surface area contributed by atoms with E-state index in [4.69, 9.17) is 15.2 Å². The summed E-state index contributed by atoms with van der Waals surface area (Å²) in [6.07, 6.45) is 1.56. The lowest BCUT2D eigenvalue weighted by atomic mass is 10.2. The molecular weight excluding hydrogens is 286 g/mol. The molecule has 0 aliphatic rings. The van der Waals surface area contributed by atoms with E-state index in [1.165, 1.54) is 7.11 Å². The van der Waals surface area contributed by atoms with Crippen LogP contribution in [-0.2, 0) is 16.1 Å². The fourth-order valence-corrected chi connectivity index (χ4v) is 1.72. The minimum Gasteiger partial charge on any atom is -0.493 e. The van der Waals surface area contributed by atoms with Crippen molar-refractivity contribution in [1.82, 2.24) is 10.3 Å². The molecule has 0 unspecified atom stereocenters. The van der Waals surface area contributed by atoms with Gasteiger partial charge >= 0.3 is 11.8 Å². The Kier molecular flexibility index (Phi) is 4.92. The number of amides is 2. The highest BCUT2D eigenvalue weighted by Crippen LogP contribution is 2.31. The largest absolute Gasteiger partial charge is 0.493 e. The molecule has 3 N–H and O–H groups in total. The summed E-state index contributed by atoms with van der Waals surface area (Å²) in [5.74, 6) is -0.564. The Bertz CT molecular complexity index is 688. The molecule has 2 amide bonds. The predicted octanol–water partition coefficient (Wildman–Crippen LogP) is 0.984. The lowest BCUT2D eigenvalue weighted by Gasteiger charge is -2.12. The molecule has 0 atom stereocenters. The summed E-state index contributed by atoms with van der Waals surface area (Å²) in [6.45, 7) is 0.0695. The van der Waals surface area contributed by atoms with E-state index >= 15 is 0 Å². The first-order valence-electron chi connectivity index (χ1n) is 6.44. The van der Waals surface area contributed by atoms with Crippen molar-refractivity contribution in [2.75, 3.05) is 7.11 Å². The molecule has 2 rings (SSSR count). The summed E-state index contributed by atoms with van der Waals surface area (Å²) in [7, 11) is 1.54. The third-order valence-electron chi connectivity index (χ3n) is 2.79. The summed E-state index contributed by atoms with van der Waals surface area (Å²) >= 11 is 0. The third-order valence-corrected chi connectivity index (χ3v) is 2.79. The van der Waals surface area contributed by atoms with Gasteiger partial charge in [0.2, 0.25) is 5.88 Å². The third kappa shape index (κ3) is 3.72. The van der Waals surface area contributed by atoms with Crippen molar-refractivity contribution in [3.63, 3.8) is 0 Å². The highest BCUT2D eigenvalue weighted by Gasteiger charge is 2.12. The highest BCUT2D eigenvalue weighted by atomic mass is 16.5. The molecule has 22 heavy (non-hydrogen) atoms. The molecule has 0 saturated heterocycles. The van der Waals surface area contributed by atoms with Crippen LogP contribution in [-0.4, -0.2) is 23.9 Å². The summed E-state index contributed by atoms with van der Waals surface area (Å²) in [4.78, 5) is 26.1. The molecule has 0 saturated carbocycles. The summed E-state index contributed by atoms with van der Waals surface area (Å²) in [6, 6.07) is 10.5. The number of aromatic nitrogens is 1. The highest BCUT2D eigenvalue weighted by molar-refractivity contribution is 6.34. The number of pyridine rings is 1. The average molecular weight is 301 g/mol. The van der Waals surface area contributed by atoms with Crippen LogP contribution in [0, 0.1) is 0 Å². The quantitative estimate of drug-likeness (QED) is 0.801. The lowest BCUT2D eigenvalue weighted by molar-refractivity contribution is -0.137. The average Bonchev–Trinajstić information content (AvgIpc) is 2.54. The molecule has 114 valence electrons. The number of carbonyl (C=O) groups excluding carboxylic acids is 2. The van der Waals surface area contributed by atoms with E-state index < -0.39 is 11.8 Å². The molecule has 0 aliphatic carbocycles. The van der Waals surface area contributed by atoms with Crippen molar-refractivity contribution in [2.24, 2.45) is 5.73 Å². The standard InChI is InChI=1S/C15H15N3O4/c1-21-11-6-2-3-7-12(11)22-15-10(5-4-8-17-15)9-18-14(20)13(16)19/h2-8H,9H2,1H3,(H2,16,19)(H,18,20). The maximum absolute atomic E-state index is 11.2. The van der Waals surface area contributed by atoms with Crippen LogP contribution in [0.25, 0.3) is 0 Å². The Hall–Kier alpha value is -3.09. The van der Waals surface area contributed by atoms with Crippen LogP contribution in [0.4, 0.5) is 0 Å².